The number of halogens is 1. The highest BCUT2D eigenvalue weighted by atomic mass is 35.5. The third-order valence-electron chi connectivity index (χ3n) is 6.47. The van der Waals surface area contributed by atoms with Crippen LogP contribution in [0.5, 0.6) is 0 Å². The van der Waals surface area contributed by atoms with Crippen LogP contribution in [0.2, 0.25) is 5.02 Å². The van der Waals surface area contributed by atoms with Crippen molar-refractivity contribution < 1.29 is 14.7 Å². The van der Waals surface area contributed by atoms with Crippen molar-refractivity contribution in [1.29, 1.82) is 0 Å². The second-order valence-corrected chi connectivity index (χ2v) is 9.02. The molecule has 2 amide bonds. The molecule has 3 fully saturated rings. The second-order valence-electron chi connectivity index (χ2n) is 8.58. The number of benzene rings is 2. The second kappa shape index (κ2) is 7.46. The minimum atomic E-state index is -0.747. The molecule has 2 aromatic rings. The highest BCUT2D eigenvalue weighted by molar-refractivity contribution is 6.30. The van der Waals surface area contributed by atoms with Crippen LogP contribution in [0, 0.1) is 0 Å². The zero-order valence-electron chi connectivity index (χ0n) is 16.6. The molecule has 3 heterocycles. The van der Waals surface area contributed by atoms with Gasteiger partial charge in [-0.3, -0.25) is 24.3 Å². The van der Waals surface area contributed by atoms with E-state index in [1.807, 2.05) is 35.2 Å². The molecule has 2 unspecified atom stereocenters. The summed E-state index contributed by atoms with van der Waals surface area (Å²) in [6, 6.07) is 17.0. The first-order valence-electron chi connectivity index (χ1n) is 10.3. The Labute approximate surface area is 180 Å². The monoisotopic (exact) mass is 425 g/mol. The van der Waals surface area contributed by atoms with E-state index >= 15 is 0 Å². The molecule has 3 aliphatic rings. The Bertz CT molecular complexity index is 977. The van der Waals surface area contributed by atoms with Gasteiger partial charge in [-0.05, 0) is 29.7 Å². The first-order chi connectivity index (χ1) is 14.5. The average molecular weight is 426 g/mol. The number of carbonyl (C=O) groups is 2. The van der Waals surface area contributed by atoms with Crippen LogP contribution in [0.4, 0.5) is 0 Å². The van der Waals surface area contributed by atoms with Gasteiger partial charge in [0, 0.05) is 31.2 Å². The van der Waals surface area contributed by atoms with E-state index in [9.17, 15) is 14.7 Å². The van der Waals surface area contributed by atoms with Crippen LogP contribution in [0.3, 0.4) is 0 Å². The van der Waals surface area contributed by atoms with Gasteiger partial charge in [-0.2, -0.15) is 0 Å². The molecule has 2 atom stereocenters. The Morgan fingerprint density at radius 2 is 1.73 bits per heavy atom. The summed E-state index contributed by atoms with van der Waals surface area (Å²) in [5.74, 6) is -0.384. The third kappa shape index (κ3) is 3.24. The van der Waals surface area contributed by atoms with Gasteiger partial charge in [0.1, 0.15) is 5.54 Å². The molecule has 3 aliphatic heterocycles. The minimum absolute atomic E-state index is 0.165. The molecule has 0 bridgehead atoms. The Balaban J connectivity index is 1.40. The maximum Gasteiger partial charge on any atom is 0.252 e. The van der Waals surface area contributed by atoms with Crippen molar-refractivity contribution in [3.8, 4) is 0 Å². The molecule has 156 valence electrons. The molecular formula is C23H24ClN3O3. The van der Waals surface area contributed by atoms with E-state index in [0.717, 1.165) is 12.1 Å². The lowest BCUT2D eigenvalue weighted by molar-refractivity contribution is -0.181. The van der Waals surface area contributed by atoms with Crippen molar-refractivity contribution in [3.05, 3.63) is 70.7 Å². The molecule has 0 saturated carbocycles. The molecule has 5 rings (SSSR count). The predicted octanol–water partition coefficient (Wildman–Crippen LogP) is 1.90. The molecule has 6 nitrogen and oxygen atoms in total. The standard InChI is InChI=1S/C23H24ClN3O3/c24-18-8-4-7-17(9-18)12-26-21(29)20-10-19(28)13-27(20)23(22(26)30)14-25(15-23)11-16-5-2-1-3-6-16/h1-9,19-20,28H,10-15H2. The summed E-state index contributed by atoms with van der Waals surface area (Å²) in [5.41, 5.74) is 1.27. The minimum Gasteiger partial charge on any atom is -0.392 e. The topological polar surface area (TPSA) is 64.1 Å². The molecule has 0 aliphatic carbocycles. The number of hydrogen-bond acceptors (Lipinski definition) is 5. The Kier molecular flexibility index (Phi) is 4.90. The fourth-order valence-corrected chi connectivity index (χ4v) is 5.32. The van der Waals surface area contributed by atoms with Gasteiger partial charge in [-0.1, -0.05) is 54.1 Å². The first kappa shape index (κ1) is 19.7. The van der Waals surface area contributed by atoms with E-state index in [-0.39, 0.29) is 18.4 Å². The van der Waals surface area contributed by atoms with E-state index in [4.69, 9.17) is 11.6 Å². The molecule has 1 N–H and O–H groups in total. The van der Waals surface area contributed by atoms with Crippen LogP contribution in [0.15, 0.2) is 54.6 Å². The molecule has 30 heavy (non-hydrogen) atoms. The number of nitrogens with zero attached hydrogens (tertiary/aromatic N) is 3. The van der Waals surface area contributed by atoms with Crippen LogP contribution < -0.4 is 0 Å². The van der Waals surface area contributed by atoms with Gasteiger partial charge in [0.15, 0.2) is 0 Å². The Morgan fingerprint density at radius 1 is 1.00 bits per heavy atom. The maximum absolute atomic E-state index is 13.6. The first-order valence-corrected chi connectivity index (χ1v) is 10.7. The zero-order chi connectivity index (χ0) is 20.9. The molecule has 0 aromatic heterocycles. The molecule has 3 saturated heterocycles. The molecule has 2 aromatic carbocycles. The zero-order valence-corrected chi connectivity index (χ0v) is 17.3. The predicted molar refractivity (Wildman–Crippen MR) is 113 cm³/mol. The molecule has 1 spiro atoms. The Morgan fingerprint density at radius 3 is 2.47 bits per heavy atom. The van der Waals surface area contributed by atoms with Gasteiger partial charge in [0.05, 0.1) is 18.7 Å². The average Bonchev–Trinajstić information content (AvgIpc) is 3.10. The van der Waals surface area contributed by atoms with Gasteiger partial charge in [-0.15, -0.1) is 0 Å². The number of hydrogen-bond donors (Lipinski definition) is 1. The highest BCUT2D eigenvalue weighted by Crippen LogP contribution is 2.41. The van der Waals surface area contributed by atoms with E-state index < -0.39 is 17.7 Å². The smallest absolute Gasteiger partial charge is 0.252 e. The quantitative estimate of drug-likeness (QED) is 0.758. The van der Waals surface area contributed by atoms with E-state index in [2.05, 4.69) is 17.0 Å². The number of β-amino-alcohol motifs (C(OH)–C–C–N with tert-alkyl or cyclic N) is 1. The number of likely N-dealkylation sites (tertiary alicyclic amines) is 1. The van der Waals surface area contributed by atoms with E-state index in [1.54, 1.807) is 12.1 Å². The summed E-state index contributed by atoms with van der Waals surface area (Å²) in [7, 11) is 0. The SMILES string of the molecule is O=C1C2CC(O)CN2C2(CN(Cc3ccccc3)C2)C(=O)N1Cc1cccc(Cl)c1. The largest absolute Gasteiger partial charge is 0.392 e. The summed E-state index contributed by atoms with van der Waals surface area (Å²) < 4.78 is 0. The lowest BCUT2D eigenvalue weighted by Crippen LogP contribution is -2.81. The van der Waals surface area contributed by atoms with E-state index in [1.165, 1.54) is 10.5 Å². The van der Waals surface area contributed by atoms with Crippen LogP contribution in [0.1, 0.15) is 17.5 Å². The van der Waals surface area contributed by atoms with Gasteiger partial charge in [-0.25, -0.2) is 0 Å². The molecule has 0 radical (unpaired) electrons. The van der Waals surface area contributed by atoms with Crippen LogP contribution in [0.25, 0.3) is 0 Å². The molecular weight excluding hydrogens is 402 g/mol. The lowest BCUT2D eigenvalue weighted by atomic mass is 9.82. The molecule has 7 heteroatoms. The Hall–Kier alpha value is -2.25. The summed E-state index contributed by atoms with van der Waals surface area (Å²) in [4.78, 5) is 32.3. The van der Waals surface area contributed by atoms with Gasteiger partial charge < -0.3 is 5.11 Å². The number of amides is 2. The number of piperazine rings is 1. The highest BCUT2D eigenvalue weighted by Gasteiger charge is 2.64. The van der Waals surface area contributed by atoms with Crippen LogP contribution in [-0.2, 0) is 22.7 Å². The number of aliphatic hydroxyl groups is 1. The fraction of sp³-hybridized carbons (Fsp3) is 0.391. The lowest BCUT2D eigenvalue weighted by Gasteiger charge is -2.58. The summed E-state index contributed by atoms with van der Waals surface area (Å²) in [6.45, 7) is 2.46. The number of rotatable bonds is 4. The normalized spacial score (nSPS) is 26.1. The summed E-state index contributed by atoms with van der Waals surface area (Å²) in [6.07, 6.45) is -0.212. The van der Waals surface area contributed by atoms with Crippen LogP contribution >= 0.6 is 11.6 Å². The van der Waals surface area contributed by atoms with E-state index in [0.29, 0.717) is 31.1 Å². The third-order valence-corrected chi connectivity index (χ3v) is 6.71. The van der Waals surface area contributed by atoms with Crippen molar-refractivity contribution in [2.24, 2.45) is 0 Å². The summed E-state index contributed by atoms with van der Waals surface area (Å²) in [5, 5.41) is 10.9. The maximum atomic E-state index is 13.6. The van der Waals surface area contributed by atoms with Crippen LogP contribution in [-0.4, -0.2) is 68.9 Å². The van der Waals surface area contributed by atoms with Crippen molar-refractivity contribution >= 4 is 23.4 Å². The van der Waals surface area contributed by atoms with Crippen molar-refractivity contribution in [1.82, 2.24) is 14.7 Å². The number of aliphatic hydroxyl groups excluding tert-OH is 1. The summed E-state index contributed by atoms with van der Waals surface area (Å²) >= 11 is 6.10. The van der Waals surface area contributed by atoms with Crippen molar-refractivity contribution in [2.45, 2.75) is 37.2 Å². The van der Waals surface area contributed by atoms with Gasteiger partial charge in [0.25, 0.3) is 5.91 Å². The number of imide groups is 1. The number of fused-ring (bicyclic) bond motifs is 2. The van der Waals surface area contributed by atoms with Crippen molar-refractivity contribution in [2.75, 3.05) is 19.6 Å². The van der Waals surface area contributed by atoms with Gasteiger partial charge >= 0.3 is 0 Å². The van der Waals surface area contributed by atoms with Crippen molar-refractivity contribution in [3.63, 3.8) is 0 Å². The fourth-order valence-electron chi connectivity index (χ4n) is 5.11. The number of carbonyl (C=O) groups excluding carboxylic acids is 2. The van der Waals surface area contributed by atoms with Gasteiger partial charge in [0.2, 0.25) is 5.91 Å².